The van der Waals surface area contributed by atoms with E-state index in [9.17, 15) is 22.0 Å². The Morgan fingerprint density at radius 3 is 2.31 bits per heavy atom. The van der Waals surface area contributed by atoms with Crippen LogP contribution in [0.15, 0.2) is 12.1 Å². The summed E-state index contributed by atoms with van der Waals surface area (Å²) in [6.45, 7) is 0. The van der Waals surface area contributed by atoms with E-state index in [4.69, 9.17) is 17.3 Å². The SMILES string of the molecule is NC(Cc1ccc(F)c(Cl)c1F)C(F)(F)F. The van der Waals surface area contributed by atoms with Crippen molar-refractivity contribution in [3.05, 3.63) is 34.4 Å². The Labute approximate surface area is 93.0 Å². The van der Waals surface area contributed by atoms with E-state index in [1.54, 1.807) is 0 Å². The number of nitrogens with two attached hydrogens (primary N) is 1. The van der Waals surface area contributed by atoms with E-state index in [2.05, 4.69) is 0 Å². The fraction of sp³-hybridized carbons (Fsp3) is 0.333. The predicted molar refractivity (Wildman–Crippen MR) is 49.1 cm³/mol. The molecule has 0 fully saturated rings. The lowest BCUT2D eigenvalue weighted by Crippen LogP contribution is -2.39. The fourth-order valence-electron chi connectivity index (χ4n) is 1.08. The van der Waals surface area contributed by atoms with Crippen LogP contribution in [0.2, 0.25) is 5.02 Å². The van der Waals surface area contributed by atoms with Crippen LogP contribution in [0.4, 0.5) is 22.0 Å². The van der Waals surface area contributed by atoms with Gasteiger partial charge in [-0.15, -0.1) is 0 Å². The summed E-state index contributed by atoms with van der Waals surface area (Å²) in [6, 6.07) is -0.519. The number of hydrogen-bond acceptors (Lipinski definition) is 1. The highest BCUT2D eigenvalue weighted by Gasteiger charge is 2.37. The van der Waals surface area contributed by atoms with Crippen LogP contribution >= 0.6 is 11.6 Å². The van der Waals surface area contributed by atoms with Gasteiger partial charge in [0, 0.05) is 0 Å². The van der Waals surface area contributed by atoms with Crippen molar-refractivity contribution in [2.24, 2.45) is 5.73 Å². The van der Waals surface area contributed by atoms with Crippen LogP contribution in [0.25, 0.3) is 0 Å². The molecule has 1 aromatic rings. The van der Waals surface area contributed by atoms with Gasteiger partial charge in [-0.2, -0.15) is 13.2 Å². The van der Waals surface area contributed by atoms with E-state index in [0.717, 1.165) is 12.1 Å². The molecule has 0 radical (unpaired) electrons. The van der Waals surface area contributed by atoms with Crippen molar-refractivity contribution in [1.82, 2.24) is 0 Å². The van der Waals surface area contributed by atoms with Gasteiger partial charge in [0.25, 0.3) is 0 Å². The van der Waals surface area contributed by atoms with Crippen molar-refractivity contribution < 1.29 is 22.0 Å². The highest BCUT2D eigenvalue weighted by molar-refractivity contribution is 6.30. The van der Waals surface area contributed by atoms with Crippen LogP contribution in [0.3, 0.4) is 0 Å². The minimum absolute atomic E-state index is 0.365. The van der Waals surface area contributed by atoms with E-state index >= 15 is 0 Å². The van der Waals surface area contributed by atoms with Crippen molar-refractivity contribution in [3.8, 4) is 0 Å². The average molecular weight is 260 g/mol. The van der Waals surface area contributed by atoms with Gasteiger partial charge in [0.2, 0.25) is 0 Å². The maximum Gasteiger partial charge on any atom is 0.403 e. The van der Waals surface area contributed by atoms with Crippen molar-refractivity contribution in [2.75, 3.05) is 0 Å². The van der Waals surface area contributed by atoms with E-state index in [0.29, 0.717) is 0 Å². The molecular formula is C9H7ClF5N. The Bertz CT molecular complexity index is 390. The summed E-state index contributed by atoms with van der Waals surface area (Å²) in [7, 11) is 0. The summed E-state index contributed by atoms with van der Waals surface area (Å²) in [4.78, 5) is 0. The van der Waals surface area contributed by atoms with Gasteiger partial charge in [0.1, 0.15) is 22.7 Å². The molecule has 0 amide bonds. The van der Waals surface area contributed by atoms with E-state index in [1.165, 1.54) is 0 Å². The van der Waals surface area contributed by atoms with Crippen LogP contribution < -0.4 is 5.73 Å². The third-order valence-corrected chi connectivity index (χ3v) is 2.32. The van der Waals surface area contributed by atoms with Crippen LogP contribution in [0, 0.1) is 11.6 Å². The normalized spacial score (nSPS) is 13.9. The first-order chi connectivity index (χ1) is 7.23. The second-order valence-corrected chi connectivity index (χ2v) is 3.56. The summed E-state index contributed by atoms with van der Waals surface area (Å²) in [5.41, 5.74) is 4.45. The third-order valence-electron chi connectivity index (χ3n) is 1.98. The molecule has 7 heteroatoms. The minimum Gasteiger partial charge on any atom is -0.320 e. The monoisotopic (exact) mass is 259 g/mol. The Kier molecular flexibility index (Phi) is 3.75. The van der Waals surface area contributed by atoms with Crippen molar-refractivity contribution in [2.45, 2.75) is 18.6 Å². The summed E-state index contributed by atoms with van der Waals surface area (Å²) in [5.74, 6) is -2.23. The molecule has 0 saturated carbocycles. The second-order valence-electron chi connectivity index (χ2n) is 3.19. The average Bonchev–Trinajstić information content (AvgIpc) is 2.17. The Balaban J connectivity index is 2.95. The Hall–Kier alpha value is -0.880. The highest BCUT2D eigenvalue weighted by Crippen LogP contribution is 2.26. The molecule has 0 heterocycles. The van der Waals surface area contributed by atoms with Crippen LogP contribution in [-0.4, -0.2) is 12.2 Å². The number of hydrogen-bond donors (Lipinski definition) is 1. The van der Waals surface area contributed by atoms with Crippen LogP contribution in [-0.2, 0) is 6.42 Å². The van der Waals surface area contributed by atoms with Gasteiger partial charge in [-0.05, 0) is 18.1 Å². The van der Waals surface area contributed by atoms with Gasteiger partial charge in [-0.3, -0.25) is 0 Å². The molecule has 2 N–H and O–H groups in total. The number of halogens is 6. The Morgan fingerprint density at radius 2 is 1.81 bits per heavy atom. The highest BCUT2D eigenvalue weighted by atomic mass is 35.5. The number of alkyl halides is 3. The topological polar surface area (TPSA) is 26.0 Å². The minimum atomic E-state index is -4.63. The number of benzene rings is 1. The van der Waals surface area contributed by atoms with Gasteiger partial charge in [-0.1, -0.05) is 17.7 Å². The molecule has 1 rings (SSSR count). The standard InChI is InChI=1S/C9H7ClF5N/c10-7-5(11)2-1-4(8(7)12)3-6(16)9(13,14)15/h1-2,6H,3,16H2. The molecular weight excluding hydrogens is 253 g/mol. The molecule has 0 aromatic heterocycles. The third kappa shape index (κ3) is 2.82. The molecule has 0 spiro atoms. The summed E-state index contributed by atoms with van der Waals surface area (Å²) in [6.07, 6.45) is -5.41. The molecule has 1 unspecified atom stereocenters. The summed E-state index contributed by atoms with van der Waals surface area (Å²) < 4.78 is 62.2. The largest absolute Gasteiger partial charge is 0.403 e. The molecule has 0 saturated heterocycles. The lowest BCUT2D eigenvalue weighted by atomic mass is 10.1. The predicted octanol–water partition coefficient (Wildman–Crippen LogP) is 3.05. The smallest absolute Gasteiger partial charge is 0.320 e. The number of rotatable bonds is 2. The molecule has 0 aliphatic rings. The van der Waals surface area contributed by atoms with Gasteiger partial charge >= 0.3 is 6.18 Å². The van der Waals surface area contributed by atoms with Gasteiger partial charge < -0.3 is 5.73 Å². The molecule has 1 aromatic carbocycles. The van der Waals surface area contributed by atoms with E-state index < -0.39 is 35.3 Å². The summed E-state index contributed by atoms with van der Waals surface area (Å²) >= 11 is 5.21. The van der Waals surface area contributed by atoms with Gasteiger partial charge in [0.05, 0.1) is 0 Å². The van der Waals surface area contributed by atoms with Crippen molar-refractivity contribution in [3.63, 3.8) is 0 Å². The van der Waals surface area contributed by atoms with Crippen molar-refractivity contribution in [1.29, 1.82) is 0 Å². The zero-order valence-electron chi connectivity index (χ0n) is 7.78. The molecule has 0 aliphatic carbocycles. The second kappa shape index (κ2) is 4.55. The maximum absolute atomic E-state index is 13.2. The molecule has 0 bridgehead atoms. The quantitative estimate of drug-likeness (QED) is 0.641. The fourth-order valence-corrected chi connectivity index (χ4v) is 1.26. The zero-order valence-corrected chi connectivity index (χ0v) is 8.54. The lowest BCUT2D eigenvalue weighted by Gasteiger charge is -2.16. The van der Waals surface area contributed by atoms with Crippen molar-refractivity contribution >= 4 is 11.6 Å². The first-order valence-corrected chi connectivity index (χ1v) is 4.56. The molecule has 1 nitrogen and oxygen atoms in total. The molecule has 0 aliphatic heterocycles. The molecule has 90 valence electrons. The van der Waals surface area contributed by atoms with E-state index in [1.807, 2.05) is 0 Å². The van der Waals surface area contributed by atoms with Gasteiger partial charge in [0.15, 0.2) is 0 Å². The molecule has 16 heavy (non-hydrogen) atoms. The van der Waals surface area contributed by atoms with Crippen LogP contribution in [0.1, 0.15) is 5.56 Å². The maximum atomic E-state index is 13.2. The van der Waals surface area contributed by atoms with Gasteiger partial charge in [-0.25, -0.2) is 8.78 Å². The van der Waals surface area contributed by atoms with Crippen LogP contribution in [0.5, 0.6) is 0 Å². The first kappa shape index (κ1) is 13.2. The Morgan fingerprint density at radius 1 is 1.25 bits per heavy atom. The molecule has 1 atom stereocenters. The summed E-state index contributed by atoms with van der Waals surface area (Å²) in [5, 5.41) is -0.827. The van der Waals surface area contributed by atoms with E-state index in [-0.39, 0.29) is 5.56 Å². The lowest BCUT2D eigenvalue weighted by molar-refractivity contribution is -0.147. The zero-order chi connectivity index (χ0) is 12.5. The first-order valence-electron chi connectivity index (χ1n) is 4.18.